The highest BCUT2D eigenvalue weighted by atomic mass is 35.5. The van der Waals surface area contributed by atoms with Crippen molar-refractivity contribution in [3.8, 4) is 0 Å². The van der Waals surface area contributed by atoms with E-state index in [0.29, 0.717) is 22.3 Å². The molecule has 0 saturated heterocycles. The molecule has 0 spiro atoms. The number of nitrogens with two attached hydrogens (primary N) is 1. The molecule has 0 saturated carbocycles. The van der Waals surface area contributed by atoms with Crippen molar-refractivity contribution in [1.29, 1.82) is 0 Å². The van der Waals surface area contributed by atoms with Crippen molar-refractivity contribution in [2.75, 3.05) is 16.4 Å². The van der Waals surface area contributed by atoms with Crippen LogP contribution in [0.15, 0.2) is 60.9 Å². The lowest BCUT2D eigenvalue weighted by Gasteiger charge is -2.10. The topological polar surface area (TPSA) is 75.9 Å². The second-order valence-corrected chi connectivity index (χ2v) is 5.05. The fraction of sp³-hybridized carbons (Fsp3) is 0. The molecule has 0 unspecified atom stereocenters. The summed E-state index contributed by atoms with van der Waals surface area (Å²) in [5.74, 6) is 1.31. The monoisotopic (exact) mass is 311 g/mol. The van der Waals surface area contributed by atoms with E-state index in [0.717, 1.165) is 11.4 Å². The Hall–Kier alpha value is -2.79. The number of halogens is 1. The molecule has 1 aromatic heterocycles. The first kappa shape index (κ1) is 14.2. The summed E-state index contributed by atoms with van der Waals surface area (Å²) in [5.41, 5.74) is 8.10. The van der Waals surface area contributed by atoms with Crippen LogP contribution < -0.4 is 16.4 Å². The van der Waals surface area contributed by atoms with E-state index in [-0.39, 0.29) is 0 Å². The van der Waals surface area contributed by atoms with Gasteiger partial charge in [0.1, 0.15) is 18.0 Å². The van der Waals surface area contributed by atoms with Gasteiger partial charge in [0.2, 0.25) is 0 Å². The van der Waals surface area contributed by atoms with E-state index in [1.807, 2.05) is 48.5 Å². The van der Waals surface area contributed by atoms with Gasteiger partial charge in [-0.3, -0.25) is 0 Å². The van der Waals surface area contributed by atoms with Gasteiger partial charge in [0.25, 0.3) is 0 Å². The minimum Gasteiger partial charge on any atom is -0.399 e. The van der Waals surface area contributed by atoms with Crippen LogP contribution in [0.4, 0.5) is 28.7 Å². The number of nitrogens with zero attached hydrogens (tertiary/aromatic N) is 2. The number of rotatable bonds is 4. The summed E-state index contributed by atoms with van der Waals surface area (Å²) in [7, 11) is 0. The minimum absolute atomic E-state index is 0.631. The zero-order valence-corrected chi connectivity index (χ0v) is 12.4. The largest absolute Gasteiger partial charge is 0.399 e. The van der Waals surface area contributed by atoms with Crippen molar-refractivity contribution < 1.29 is 0 Å². The van der Waals surface area contributed by atoms with E-state index in [4.69, 9.17) is 17.3 Å². The molecule has 110 valence electrons. The number of para-hydroxylation sites is 1. The summed E-state index contributed by atoms with van der Waals surface area (Å²) >= 11 is 6.13. The van der Waals surface area contributed by atoms with Crippen molar-refractivity contribution in [2.24, 2.45) is 0 Å². The predicted molar refractivity (Wildman–Crippen MR) is 90.9 cm³/mol. The molecule has 5 nitrogen and oxygen atoms in total. The number of hydrogen-bond acceptors (Lipinski definition) is 5. The van der Waals surface area contributed by atoms with Crippen LogP contribution >= 0.6 is 11.6 Å². The molecule has 0 amide bonds. The molecule has 0 aliphatic rings. The van der Waals surface area contributed by atoms with Gasteiger partial charge in [-0.15, -0.1) is 0 Å². The van der Waals surface area contributed by atoms with Crippen LogP contribution in [0.3, 0.4) is 0 Å². The van der Waals surface area contributed by atoms with Gasteiger partial charge >= 0.3 is 0 Å². The van der Waals surface area contributed by atoms with Crippen LogP contribution in [0.25, 0.3) is 0 Å². The Balaban J connectivity index is 1.79. The average Bonchev–Trinajstić information content (AvgIpc) is 2.50. The fourth-order valence-corrected chi connectivity index (χ4v) is 2.14. The molecule has 0 radical (unpaired) electrons. The molecule has 22 heavy (non-hydrogen) atoms. The zero-order chi connectivity index (χ0) is 15.4. The first-order valence-electron chi connectivity index (χ1n) is 6.67. The quantitative estimate of drug-likeness (QED) is 0.630. The smallest absolute Gasteiger partial charge is 0.135 e. The molecular formula is C16H14ClN5. The third-order valence-electron chi connectivity index (χ3n) is 2.96. The van der Waals surface area contributed by atoms with Crippen LogP contribution in [-0.4, -0.2) is 9.97 Å². The molecule has 0 atom stereocenters. The maximum atomic E-state index is 6.13. The lowest BCUT2D eigenvalue weighted by molar-refractivity contribution is 1.17. The first-order valence-corrected chi connectivity index (χ1v) is 7.05. The van der Waals surface area contributed by atoms with Crippen molar-refractivity contribution in [3.05, 3.63) is 65.9 Å². The third kappa shape index (κ3) is 3.45. The number of nitrogen functional groups attached to an aromatic ring is 1. The van der Waals surface area contributed by atoms with Crippen LogP contribution in [-0.2, 0) is 0 Å². The number of anilines is 5. The highest BCUT2D eigenvalue weighted by molar-refractivity contribution is 6.33. The lowest BCUT2D eigenvalue weighted by atomic mass is 10.3. The highest BCUT2D eigenvalue weighted by Gasteiger charge is 2.03. The van der Waals surface area contributed by atoms with Gasteiger partial charge in [0, 0.05) is 17.4 Å². The van der Waals surface area contributed by atoms with Crippen molar-refractivity contribution >= 4 is 40.3 Å². The highest BCUT2D eigenvalue weighted by Crippen LogP contribution is 2.25. The van der Waals surface area contributed by atoms with E-state index >= 15 is 0 Å². The van der Waals surface area contributed by atoms with Crippen LogP contribution in [0.5, 0.6) is 0 Å². The molecule has 4 N–H and O–H groups in total. The summed E-state index contributed by atoms with van der Waals surface area (Å²) < 4.78 is 0. The fourth-order valence-electron chi connectivity index (χ4n) is 1.96. The summed E-state index contributed by atoms with van der Waals surface area (Å²) in [6, 6.07) is 16.7. The maximum absolute atomic E-state index is 6.13. The van der Waals surface area contributed by atoms with Crippen molar-refractivity contribution in [2.45, 2.75) is 0 Å². The second kappa shape index (κ2) is 6.32. The number of hydrogen-bond donors (Lipinski definition) is 3. The van der Waals surface area contributed by atoms with E-state index < -0.39 is 0 Å². The average molecular weight is 312 g/mol. The molecule has 0 fully saturated rings. The lowest BCUT2D eigenvalue weighted by Crippen LogP contribution is -1.99. The van der Waals surface area contributed by atoms with Crippen LogP contribution in [0.2, 0.25) is 5.02 Å². The number of nitrogens with one attached hydrogen (secondary N) is 2. The minimum atomic E-state index is 0.631. The molecule has 6 heteroatoms. The third-order valence-corrected chi connectivity index (χ3v) is 3.29. The van der Waals surface area contributed by atoms with Crippen molar-refractivity contribution in [1.82, 2.24) is 9.97 Å². The van der Waals surface area contributed by atoms with E-state index in [9.17, 15) is 0 Å². The van der Waals surface area contributed by atoms with Gasteiger partial charge in [-0.05, 0) is 30.3 Å². The summed E-state index contributed by atoms with van der Waals surface area (Å²) in [4.78, 5) is 8.38. The van der Waals surface area contributed by atoms with E-state index in [1.54, 1.807) is 6.07 Å². The molecule has 0 bridgehead atoms. The maximum Gasteiger partial charge on any atom is 0.135 e. The standard InChI is InChI=1S/C16H14ClN5/c17-13-6-1-2-7-14(13)22-16-9-15(19-10-20-16)21-12-5-3-4-11(18)8-12/h1-10H,18H2,(H2,19,20,21,22). The van der Waals surface area contributed by atoms with Gasteiger partial charge < -0.3 is 16.4 Å². The summed E-state index contributed by atoms with van der Waals surface area (Å²) in [6.45, 7) is 0. The van der Waals surface area contributed by atoms with Crippen LogP contribution in [0.1, 0.15) is 0 Å². The number of benzene rings is 2. The Bertz CT molecular complexity index is 791. The SMILES string of the molecule is Nc1cccc(Nc2cc(Nc3ccccc3Cl)ncn2)c1. The number of aromatic nitrogens is 2. The Morgan fingerprint density at radius 3 is 2.41 bits per heavy atom. The van der Waals surface area contributed by atoms with Crippen molar-refractivity contribution in [3.63, 3.8) is 0 Å². The van der Waals surface area contributed by atoms with Crippen LogP contribution in [0, 0.1) is 0 Å². The van der Waals surface area contributed by atoms with Gasteiger partial charge in [-0.1, -0.05) is 29.8 Å². The summed E-state index contributed by atoms with van der Waals surface area (Å²) in [6.07, 6.45) is 1.48. The predicted octanol–water partition coefficient (Wildman–Crippen LogP) is 4.20. The van der Waals surface area contributed by atoms with Gasteiger partial charge in [-0.2, -0.15) is 0 Å². The van der Waals surface area contributed by atoms with E-state index in [2.05, 4.69) is 20.6 Å². The Morgan fingerprint density at radius 2 is 1.64 bits per heavy atom. The Morgan fingerprint density at radius 1 is 0.864 bits per heavy atom. The van der Waals surface area contributed by atoms with Gasteiger partial charge in [-0.25, -0.2) is 9.97 Å². The Labute approximate surface area is 133 Å². The molecule has 0 aliphatic carbocycles. The zero-order valence-electron chi connectivity index (χ0n) is 11.6. The normalized spacial score (nSPS) is 10.2. The second-order valence-electron chi connectivity index (χ2n) is 4.64. The molecule has 3 rings (SSSR count). The molecule has 3 aromatic rings. The molecular weight excluding hydrogens is 298 g/mol. The van der Waals surface area contributed by atoms with Gasteiger partial charge in [0.15, 0.2) is 0 Å². The molecule has 2 aromatic carbocycles. The molecule has 1 heterocycles. The summed E-state index contributed by atoms with van der Waals surface area (Å²) in [5, 5.41) is 6.97. The Kier molecular flexibility index (Phi) is 4.07. The van der Waals surface area contributed by atoms with Gasteiger partial charge in [0.05, 0.1) is 10.7 Å². The molecule has 0 aliphatic heterocycles. The van der Waals surface area contributed by atoms with E-state index in [1.165, 1.54) is 6.33 Å². The first-order chi connectivity index (χ1) is 10.7.